The number of halogens is 3. The Kier molecular flexibility index (Phi) is 7.17. The van der Waals surface area contributed by atoms with Gasteiger partial charge in [-0.2, -0.15) is 0 Å². The topological polar surface area (TPSA) is 32.3 Å². The van der Waals surface area contributed by atoms with Crippen LogP contribution in [-0.4, -0.2) is 42.4 Å². The maximum absolute atomic E-state index is 12.5. The second kappa shape index (κ2) is 8.13. The van der Waals surface area contributed by atoms with Crippen molar-refractivity contribution in [2.75, 3.05) is 13.1 Å². The van der Waals surface area contributed by atoms with Gasteiger partial charge in [-0.1, -0.05) is 6.92 Å². The highest BCUT2D eigenvalue weighted by molar-refractivity contribution is 5.85. The van der Waals surface area contributed by atoms with Crippen LogP contribution in [0.15, 0.2) is 0 Å². The summed E-state index contributed by atoms with van der Waals surface area (Å²) in [5, 5.41) is 3.54. The molecule has 2 saturated heterocycles. The zero-order chi connectivity index (χ0) is 13.8. The van der Waals surface area contributed by atoms with E-state index in [0.29, 0.717) is 31.0 Å². The van der Waals surface area contributed by atoms with Crippen LogP contribution in [0, 0.1) is 5.92 Å². The molecule has 0 radical (unpaired) electrons. The van der Waals surface area contributed by atoms with Gasteiger partial charge in [-0.3, -0.25) is 4.79 Å². The molecule has 2 heterocycles. The molecule has 118 valence electrons. The van der Waals surface area contributed by atoms with Gasteiger partial charge in [0.05, 0.1) is 6.54 Å². The van der Waals surface area contributed by atoms with Crippen LogP contribution >= 0.6 is 12.4 Å². The van der Waals surface area contributed by atoms with E-state index in [4.69, 9.17) is 0 Å². The first-order valence-corrected chi connectivity index (χ1v) is 7.40. The minimum atomic E-state index is -2.43. The molecule has 0 aromatic carbocycles. The molecule has 2 atom stereocenters. The van der Waals surface area contributed by atoms with E-state index in [1.807, 2.05) is 6.92 Å². The van der Waals surface area contributed by atoms with Crippen LogP contribution in [0.1, 0.15) is 45.4 Å². The third kappa shape index (κ3) is 4.85. The van der Waals surface area contributed by atoms with Crippen molar-refractivity contribution in [1.29, 1.82) is 0 Å². The summed E-state index contributed by atoms with van der Waals surface area (Å²) in [6, 6.07) is 1.09. The molecular weight excluding hydrogens is 286 g/mol. The first-order valence-electron chi connectivity index (χ1n) is 7.40. The van der Waals surface area contributed by atoms with Crippen LogP contribution < -0.4 is 5.32 Å². The van der Waals surface area contributed by atoms with E-state index in [1.165, 1.54) is 17.7 Å². The highest BCUT2D eigenvalue weighted by atomic mass is 35.5. The molecule has 0 saturated carbocycles. The van der Waals surface area contributed by atoms with Crippen LogP contribution in [0.4, 0.5) is 8.78 Å². The third-order valence-corrected chi connectivity index (χ3v) is 4.24. The van der Waals surface area contributed by atoms with Crippen molar-refractivity contribution in [1.82, 2.24) is 10.2 Å². The van der Waals surface area contributed by atoms with Crippen molar-refractivity contribution in [3.8, 4) is 0 Å². The van der Waals surface area contributed by atoms with Crippen molar-refractivity contribution in [3.63, 3.8) is 0 Å². The van der Waals surface area contributed by atoms with Crippen LogP contribution in [0.3, 0.4) is 0 Å². The van der Waals surface area contributed by atoms with Crippen molar-refractivity contribution < 1.29 is 13.6 Å². The highest BCUT2D eigenvalue weighted by Crippen LogP contribution is 2.33. The number of hydrogen-bond acceptors (Lipinski definition) is 2. The second-order valence-corrected chi connectivity index (χ2v) is 5.91. The standard InChI is InChI=1S/C14H24F2N2O.ClH/c1-2-5-18(9-13(15)16)14(19)8-10-6-11-3-4-12(7-10)17-11;/h10-13,17H,2-9H2,1H3;1H. The number of nitrogens with zero attached hydrogens (tertiary/aromatic N) is 1. The highest BCUT2D eigenvalue weighted by Gasteiger charge is 2.34. The number of hydrogen-bond donors (Lipinski definition) is 1. The quantitative estimate of drug-likeness (QED) is 0.818. The Hall–Kier alpha value is -0.420. The van der Waals surface area contributed by atoms with Gasteiger partial charge in [0.1, 0.15) is 0 Å². The van der Waals surface area contributed by atoms with E-state index >= 15 is 0 Å². The Bertz CT molecular complexity index is 306. The largest absolute Gasteiger partial charge is 0.337 e. The lowest BCUT2D eigenvalue weighted by molar-refractivity contribution is -0.134. The van der Waals surface area contributed by atoms with Crippen LogP contribution in [0.2, 0.25) is 0 Å². The Morgan fingerprint density at radius 1 is 1.30 bits per heavy atom. The molecule has 2 rings (SSSR count). The second-order valence-electron chi connectivity index (χ2n) is 5.91. The van der Waals surface area contributed by atoms with Gasteiger partial charge in [0.25, 0.3) is 6.43 Å². The number of amides is 1. The fourth-order valence-electron chi connectivity index (χ4n) is 3.47. The maximum Gasteiger partial charge on any atom is 0.255 e. The maximum atomic E-state index is 12.5. The summed E-state index contributed by atoms with van der Waals surface area (Å²) < 4.78 is 25.0. The summed E-state index contributed by atoms with van der Waals surface area (Å²) in [4.78, 5) is 13.5. The lowest BCUT2D eigenvalue weighted by atomic mass is 9.89. The Morgan fingerprint density at radius 3 is 2.40 bits per heavy atom. The van der Waals surface area contributed by atoms with Gasteiger partial charge in [-0.25, -0.2) is 8.78 Å². The van der Waals surface area contributed by atoms with E-state index in [1.54, 1.807) is 0 Å². The minimum Gasteiger partial charge on any atom is -0.337 e. The zero-order valence-electron chi connectivity index (χ0n) is 12.0. The first-order chi connectivity index (χ1) is 9.08. The summed E-state index contributed by atoms with van der Waals surface area (Å²) >= 11 is 0. The average molecular weight is 311 g/mol. The summed E-state index contributed by atoms with van der Waals surface area (Å²) in [5.74, 6) is 0.289. The Balaban J connectivity index is 0.00000200. The molecule has 2 fully saturated rings. The predicted octanol–water partition coefficient (Wildman–Crippen LogP) is 2.83. The number of carbonyl (C=O) groups excluding carboxylic acids is 1. The fourth-order valence-corrected chi connectivity index (χ4v) is 3.47. The van der Waals surface area contributed by atoms with E-state index < -0.39 is 13.0 Å². The molecule has 0 aromatic rings. The summed E-state index contributed by atoms with van der Waals surface area (Å²) in [6.07, 6.45) is 3.20. The normalized spacial score (nSPS) is 28.3. The number of alkyl halides is 2. The molecule has 20 heavy (non-hydrogen) atoms. The van der Waals surface area contributed by atoms with Crippen molar-refractivity contribution in [2.24, 2.45) is 5.92 Å². The molecule has 1 amide bonds. The van der Waals surface area contributed by atoms with Crippen LogP contribution in [0.5, 0.6) is 0 Å². The van der Waals surface area contributed by atoms with E-state index in [9.17, 15) is 13.6 Å². The molecule has 2 aliphatic heterocycles. The number of carbonyl (C=O) groups is 1. The Morgan fingerprint density at radius 2 is 1.90 bits per heavy atom. The zero-order valence-corrected chi connectivity index (χ0v) is 12.8. The minimum absolute atomic E-state index is 0. The number of nitrogens with one attached hydrogen (secondary N) is 1. The molecule has 0 aromatic heterocycles. The van der Waals surface area contributed by atoms with Gasteiger partial charge >= 0.3 is 0 Å². The van der Waals surface area contributed by atoms with Gasteiger partial charge < -0.3 is 10.2 Å². The van der Waals surface area contributed by atoms with Gasteiger partial charge in [0.2, 0.25) is 5.91 Å². The lowest BCUT2D eigenvalue weighted by Gasteiger charge is -2.30. The molecule has 6 heteroatoms. The van der Waals surface area contributed by atoms with Gasteiger partial charge in [-0.15, -0.1) is 12.4 Å². The third-order valence-electron chi connectivity index (χ3n) is 4.24. The average Bonchev–Trinajstić information content (AvgIpc) is 2.67. The molecule has 0 aliphatic carbocycles. The SMILES string of the molecule is CCCN(CC(F)F)C(=O)CC1CC2CCC(C1)N2.Cl. The Labute approximate surface area is 125 Å². The molecule has 3 nitrogen and oxygen atoms in total. The summed E-state index contributed by atoms with van der Waals surface area (Å²) in [6.45, 7) is 1.95. The van der Waals surface area contributed by atoms with Gasteiger partial charge in [-0.05, 0) is 38.0 Å². The smallest absolute Gasteiger partial charge is 0.255 e. The van der Waals surface area contributed by atoms with Crippen molar-refractivity contribution >= 4 is 18.3 Å². The molecule has 2 bridgehead atoms. The summed E-state index contributed by atoms with van der Waals surface area (Å²) in [5.41, 5.74) is 0. The van der Waals surface area contributed by atoms with E-state index in [0.717, 1.165) is 19.3 Å². The number of piperidine rings is 1. The van der Waals surface area contributed by atoms with Crippen LogP contribution in [-0.2, 0) is 4.79 Å². The lowest BCUT2D eigenvalue weighted by Crippen LogP contribution is -2.41. The number of fused-ring (bicyclic) bond motifs is 2. The van der Waals surface area contributed by atoms with Crippen LogP contribution in [0.25, 0.3) is 0 Å². The first kappa shape index (κ1) is 17.6. The number of rotatable bonds is 6. The molecular formula is C14H25ClF2N2O. The van der Waals surface area contributed by atoms with Gasteiger partial charge in [0, 0.05) is 25.0 Å². The predicted molar refractivity (Wildman–Crippen MR) is 77.4 cm³/mol. The van der Waals surface area contributed by atoms with E-state index in [-0.39, 0.29) is 18.3 Å². The van der Waals surface area contributed by atoms with E-state index in [2.05, 4.69) is 5.32 Å². The monoisotopic (exact) mass is 310 g/mol. The van der Waals surface area contributed by atoms with Crippen molar-refractivity contribution in [2.45, 2.75) is 64.0 Å². The molecule has 2 unspecified atom stereocenters. The van der Waals surface area contributed by atoms with Crippen molar-refractivity contribution in [3.05, 3.63) is 0 Å². The molecule has 0 spiro atoms. The van der Waals surface area contributed by atoms with Gasteiger partial charge in [0.15, 0.2) is 0 Å². The summed E-state index contributed by atoms with van der Waals surface area (Å²) in [7, 11) is 0. The molecule has 2 aliphatic rings. The molecule has 1 N–H and O–H groups in total. The fraction of sp³-hybridized carbons (Fsp3) is 0.929.